The first-order valence-corrected chi connectivity index (χ1v) is 12.8. The van der Waals surface area contributed by atoms with Crippen LogP contribution in [0.5, 0.6) is 0 Å². The molecule has 1 aromatic carbocycles. The molecule has 0 amide bonds. The minimum atomic E-state index is -0.193. The van der Waals surface area contributed by atoms with Crippen molar-refractivity contribution in [3.63, 3.8) is 0 Å². The van der Waals surface area contributed by atoms with E-state index in [-0.39, 0.29) is 16.9 Å². The molecule has 0 bridgehead atoms. The molecule has 1 unspecified atom stereocenters. The lowest BCUT2D eigenvalue weighted by molar-refractivity contribution is -0.136. The summed E-state index contributed by atoms with van der Waals surface area (Å²) in [4.78, 5) is 3.46. The summed E-state index contributed by atoms with van der Waals surface area (Å²) in [5.74, 6) is 1.02. The fourth-order valence-electron chi connectivity index (χ4n) is 6.89. The molecule has 2 N–H and O–H groups in total. The summed E-state index contributed by atoms with van der Waals surface area (Å²) in [7, 11) is 0. The Hall–Kier alpha value is -1.80. The van der Waals surface area contributed by atoms with Crippen molar-refractivity contribution in [3.8, 4) is 0 Å². The fraction of sp³-hybridized carbons (Fsp3) is 0.600. The first-order valence-electron chi connectivity index (χ1n) is 12.8. The number of aromatic amines is 1. The highest BCUT2D eigenvalue weighted by molar-refractivity contribution is 5.83. The van der Waals surface area contributed by atoms with Gasteiger partial charge in [0.2, 0.25) is 0 Å². The lowest BCUT2D eigenvalue weighted by Gasteiger charge is -2.60. The van der Waals surface area contributed by atoms with Crippen LogP contribution < -0.4 is 0 Å². The molecule has 0 saturated heterocycles. The van der Waals surface area contributed by atoms with Crippen molar-refractivity contribution in [2.45, 2.75) is 92.6 Å². The van der Waals surface area contributed by atoms with Gasteiger partial charge in [-0.2, -0.15) is 0 Å². The number of benzene rings is 1. The number of aliphatic hydroxyl groups excluding tert-OH is 1. The van der Waals surface area contributed by atoms with Gasteiger partial charge in [-0.15, -0.1) is 0 Å². The highest BCUT2D eigenvalue weighted by Gasteiger charge is 2.57. The van der Waals surface area contributed by atoms with Crippen molar-refractivity contribution in [3.05, 3.63) is 59.8 Å². The van der Waals surface area contributed by atoms with Gasteiger partial charge >= 0.3 is 0 Å². The highest BCUT2D eigenvalue weighted by atomic mass is 16.3. The second-order valence-electron chi connectivity index (χ2n) is 10.8. The van der Waals surface area contributed by atoms with E-state index in [1.807, 2.05) is 13.8 Å². The van der Waals surface area contributed by atoms with Gasteiger partial charge < -0.3 is 10.1 Å². The van der Waals surface area contributed by atoms with Crippen LogP contribution in [0.1, 0.15) is 85.6 Å². The predicted molar refractivity (Wildman–Crippen MR) is 139 cm³/mol. The summed E-state index contributed by atoms with van der Waals surface area (Å²) in [6, 6.07) is 8.63. The lowest BCUT2D eigenvalue weighted by Crippen LogP contribution is -2.56. The number of H-pyrrole nitrogens is 1. The summed E-state index contributed by atoms with van der Waals surface area (Å²) >= 11 is 0. The second kappa shape index (κ2) is 10.00. The third-order valence-electron chi connectivity index (χ3n) is 8.69. The van der Waals surface area contributed by atoms with Gasteiger partial charge in [0, 0.05) is 17.1 Å². The van der Waals surface area contributed by atoms with Crippen LogP contribution in [-0.4, -0.2) is 16.2 Å². The van der Waals surface area contributed by atoms with Crippen LogP contribution in [-0.2, 0) is 6.42 Å². The smallest absolute Gasteiger partial charge is 0.0597 e. The number of aliphatic hydroxyl groups is 1. The van der Waals surface area contributed by atoms with Crippen LogP contribution >= 0.6 is 0 Å². The summed E-state index contributed by atoms with van der Waals surface area (Å²) in [5.41, 5.74) is 5.62. The molecule has 1 heterocycles. The average molecular weight is 436 g/mol. The normalized spacial score (nSPS) is 32.1. The number of hydrogen-bond donors (Lipinski definition) is 2. The van der Waals surface area contributed by atoms with Crippen LogP contribution in [0, 0.1) is 22.7 Å². The molecule has 0 aliphatic heterocycles. The van der Waals surface area contributed by atoms with Crippen molar-refractivity contribution in [2.24, 2.45) is 22.7 Å². The first-order chi connectivity index (χ1) is 15.3. The summed E-state index contributed by atoms with van der Waals surface area (Å²) < 4.78 is 0. The standard InChI is InChI=1S/C28H39NO.C2H6/c1-19(2)9-8-15-28(5)25-13-12-20(3)23(27(25,4)16-14-26(28)30)17-21-18-29-24-11-7-6-10-22(21)24;1-2/h6-7,9-11,18,23,25-26,29-30H,3,8,12-17H2,1-2,4-5H3;1-2H3/t23-,25?,26-,27+,28-;/m0./s1. The first kappa shape index (κ1) is 24.8. The van der Waals surface area contributed by atoms with E-state index in [0.29, 0.717) is 11.8 Å². The zero-order valence-corrected chi connectivity index (χ0v) is 21.3. The van der Waals surface area contributed by atoms with E-state index < -0.39 is 0 Å². The third kappa shape index (κ3) is 4.49. The highest BCUT2D eigenvalue weighted by Crippen LogP contribution is 2.62. The van der Waals surface area contributed by atoms with Crippen LogP contribution in [0.4, 0.5) is 0 Å². The zero-order valence-electron chi connectivity index (χ0n) is 21.3. The maximum Gasteiger partial charge on any atom is 0.0597 e. The third-order valence-corrected chi connectivity index (χ3v) is 8.69. The van der Waals surface area contributed by atoms with E-state index in [9.17, 15) is 5.11 Å². The molecule has 0 radical (unpaired) electrons. The number of para-hydroxylation sites is 1. The van der Waals surface area contributed by atoms with Crippen molar-refractivity contribution < 1.29 is 5.11 Å². The number of hydrogen-bond acceptors (Lipinski definition) is 1. The van der Waals surface area contributed by atoms with Gasteiger partial charge in [0.15, 0.2) is 0 Å². The van der Waals surface area contributed by atoms with Crippen molar-refractivity contribution in [1.29, 1.82) is 0 Å². The van der Waals surface area contributed by atoms with Gasteiger partial charge in [0.05, 0.1) is 6.10 Å². The van der Waals surface area contributed by atoms with Crippen LogP contribution in [0.2, 0.25) is 0 Å². The Kier molecular flexibility index (Phi) is 7.76. The molecule has 2 aliphatic carbocycles. The minimum Gasteiger partial charge on any atom is -0.393 e. The van der Waals surface area contributed by atoms with E-state index in [0.717, 1.165) is 38.5 Å². The Bertz CT molecular complexity index is 949. The quantitative estimate of drug-likeness (QED) is 0.456. The zero-order chi connectivity index (χ0) is 23.5. The van der Waals surface area contributed by atoms with Gasteiger partial charge in [-0.25, -0.2) is 0 Å². The molecule has 5 atom stereocenters. The van der Waals surface area contributed by atoms with Gasteiger partial charge in [-0.05, 0) is 93.1 Å². The van der Waals surface area contributed by atoms with Gasteiger partial charge in [-0.1, -0.05) is 69.7 Å². The van der Waals surface area contributed by atoms with Crippen molar-refractivity contribution in [1.82, 2.24) is 4.98 Å². The Morgan fingerprint density at radius 3 is 2.62 bits per heavy atom. The van der Waals surface area contributed by atoms with Crippen LogP contribution in [0.25, 0.3) is 10.9 Å². The molecule has 2 nitrogen and oxygen atoms in total. The Morgan fingerprint density at radius 2 is 1.91 bits per heavy atom. The summed E-state index contributed by atoms with van der Waals surface area (Å²) in [5, 5.41) is 12.5. The molecule has 2 heteroatoms. The monoisotopic (exact) mass is 435 g/mol. The largest absolute Gasteiger partial charge is 0.393 e. The Balaban J connectivity index is 0.00000141. The Labute approximate surface area is 196 Å². The number of aromatic nitrogens is 1. The fourth-order valence-corrected chi connectivity index (χ4v) is 6.89. The van der Waals surface area contributed by atoms with Gasteiger partial charge in [0.25, 0.3) is 0 Å². The minimum absolute atomic E-state index is 0.0158. The van der Waals surface area contributed by atoms with E-state index in [1.165, 1.54) is 34.0 Å². The SMILES string of the molecule is C=C1CCC2[C@](C)(CCC=C(C)C)[C@@H](O)CC[C@]2(C)[C@H]1Cc1c[nH]c2ccccc12.CC. The molecule has 32 heavy (non-hydrogen) atoms. The Morgan fingerprint density at radius 1 is 1.19 bits per heavy atom. The number of fused-ring (bicyclic) bond motifs is 2. The average Bonchev–Trinajstić information content (AvgIpc) is 3.18. The van der Waals surface area contributed by atoms with Gasteiger partial charge in [-0.3, -0.25) is 0 Å². The molecule has 2 aromatic rings. The van der Waals surface area contributed by atoms with E-state index in [4.69, 9.17) is 0 Å². The molecule has 176 valence electrons. The lowest BCUT2D eigenvalue weighted by atomic mass is 9.45. The molecule has 4 rings (SSSR count). The summed E-state index contributed by atoms with van der Waals surface area (Å²) in [6.45, 7) is 17.8. The maximum absolute atomic E-state index is 11.1. The number of nitrogens with one attached hydrogen (secondary N) is 1. The van der Waals surface area contributed by atoms with Crippen molar-refractivity contribution >= 4 is 10.9 Å². The molecular formula is C30H45NO. The van der Waals surface area contributed by atoms with Gasteiger partial charge in [0.1, 0.15) is 0 Å². The molecule has 0 spiro atoms. The van der Waals surface area contributed by atoms with Crippen LogP contribution in [0.3, 0.4) is 0 Å². The van der Waals surface area contributed by atoms with E-state index in [1.54, 1.807) is 0 Å². The molecule has 2 aliphatic rings. The van der Waals surface area contributed by atoms with E-state index >= 15 is 0 Å². The predicted octanol–water partition coefficient (Wildman–Crippen LogP) is 8.23. The molecule has 1 aromatic heterocycles. The topological polar surface area (TPSA) is 36.0 Å². The van der Waals surface area contributed by atoms with E-state index in [2.05, 4.69) is 75.8 Å². The number of allylic oxidation sites excluding steroid dienone is 3. The molecular weight excluding hydrogens is 390 g/mol. The van der Waals surface area contributed by atoms with Crippen molar-refractivity contribution in [2.75, 3.05) is 0 Å². The number of rotatable bonds is 5. The molecule has 2 fully saturated rings. The maximum atomic E-state index is 11.1. The summed E-state index contributed by atoms with van der Waals surface area (Å²) in [6.07, 6.45) is 11.8. The van der Waals surface area contributed by atoms with Crippen LogP contribution in [0.15, 0.2) is 54.3 Å². The molecule has 2 saturated carbocycles. The second-order valence-corrected chi connectivity index (χ2v) is 10.8.